The van der Waals surface area contributed by atoms with Crippen LogP contribution in [0.4, 0.5) is 0 Å². The van der Waals surface area contributed by atoms with Crippen LogP contribution in [-0.2, 0) is 16.1 Å². The molecule has 0 unspecified atom stereocenters. The third-order valence-corrected chi connectivity index (χ3v) is 2.93. The molecule has 5 heteroatoms. The maximum atomic E-state index is 11.6. The monoisotopic (exact) mass is 315 g/mol. The van der Waals surface area contributed by atoms with Crippen molar-refractivity contribution in [3.63, 3.8) is 0 Å². The maximum absolute atomic E-state index is 11.6. The Balaban J connectivity index is 2.54. The molecule has 0 amide bonds. The Kier molecular flexibility index (Phi) is 5.62. The molecular weight excluding hydrogens is 298 g/mol. The van der Waals surface area contributed by atoms with Gasteiger partial charge in [-0.05, 0) is 30.5 Å². The SMILES string of the molecule is CC(C)C[C@H](N)C(=O)OCc1cc(Br)ccc1O. The number of halogens is 1. The fourth-order valence-electron chi connectivity index (χ4n) is 1.53. The second-order valence-electron chi connectivity index (χ2n) is 4.62. The molecular formula is C13H18BrNO3. The molecule has 1 aromatic carbocycles. The van der Waals surface area contributed by atoms with Crippen LogP contribution in [-0.4, -0.2) is 17.1 Å². The Morgan fingerprint density at radius 3 is 2.78 bits per heavy atom. The molecule has 0 heterocycles. The highest BCUT2D eigenvalue weighted by atomic mass is 79.9. The molecule has 1 rings (SSSR count). The Hall–Kier alpha value is -1.07. The number of aromatic hydroxyl groups is 1. The predicted molar refractivity (Wildman–Crippen MR) is 73.0 cm³/mol. The standard InChI is InChI=1S/C13H18BrNO3/c1-8(2)5-11(15)13(17)18-7-9-6-10(14)3-4-12(9)16/h3-4,6,8,11,16H,5,7,15H2,1-2H3/t11-/m0/s1. The van der Waals surface area contributed by atoms with E-state index in [1.807, 2.05) is 13.8 Å². The molecule has 0 aromatic heterocycles. The number of ether oxygens (including phenoxy) is 1. The van der Waals surface area contributed by atoms with Crippen LogP contribution >= 0.6 is 15.9 Å². The zero-order chi connectivity index (χ0) is 13.7. The van der Waals surface area contributed by atoms with Gasteiger partial charge in [0.25, 0.3) is 0 Å². The predicted octanol–water partition coefficient (Wildman–Crippen LogP) is 2.57. The van der Waals surface area contributed by atoms with Gasteiger partial charge in [-0.3, -0.25) is 4.79 Å². The summed E-state index contributed by atoms with van der Waals surface area (Å²) in [7, 11) is 0. The lowest BCUT2D eigenvalue weighted by Crippen LogP contribution is -2.33. The summed E-state index contributed by atoms with van der Waals surface area (Å²) in [5.41, 5.74) is 6.25. The first-order valence-electron chi connectivity index (χ1n) is 5.79. The van der Waals surface area contributed by atoms with Crippen molar-refractivity contribution in [1.29, 1.82) is 0 Å². The van der Waals surface area contributed by atoms with Crippen LogP contribution in [0.25, 0.3) is 0 Å². The van der Waals surface area contributed by atoms with Crippen molar-refractivity contribution >= 4 is 21.9 Å². The molecule has 0 aliphatic heterocycles. The first kappa shape index (κ1) is 15.0. The van der Waals surface area contributed by atoms with Crippen molar-refractivity contribution in [2.45, 2.75) is 32.9 Å². The third kappa shape index (κ3) is 4.66. The fraction of sp³-hybridized carbons (Fsp3) is 0.462. The zero-order valence-electron chi connectivity index (χ0n) is 10.5. The summed E-state index contributed by atoms with van der Waals surface area (Å²) in [5, 5.41) is 9.59. The fourth-order valence-corrected chi connectivity index (χ4v) is 1.94. The number of rotatable bonds is 5. The molecule has 1 atom stereocenters. The summed E-state index contributed by atoms with van der Waals surface area (Å²) in [6.07, 6.45) is 0.587. The van der Waals surface area contributed by atoms with Crippen LogP contribution in [0.15, 0.2) is 22.7 Å². The Morgan fingerprint density at radius 1 is 1.50 bits per heavy atom. The van der Waals surface area contributed by atoms with Gasteiger partial charge in [0.05, 0.1) is 0 Å². The first-order chi connectivity index (χ1) is 8.40. The molecule has 0 bridgehead atoms. The lowest BCUT2D eigenvalue weighted by atomic mass is 10.1. The molecule has 100 valence electrons. The van der Waals surface area contributed by atoms with Crippen molar-refractivity contribution < 1.29 is 14.6 Å². The first-order valence-corrected chi connectivity index (χ1v) is 6.59. The largest absolute Gasteiger partial charge is 0.508 e. The van der Waals surface area contributed by atoms with E-state index in [-0.39, 0.29) is 12.4 Å². The Morgan fingerprint density at radius 2 is 2.17 bits per heavy atom. The average molecular weight is 316 g/mol. The molecule has 18 heavy (non-hydrogen) atoms. The highest BCUT2D eigenvalue weighted by Gasteiger charge is 2.17. The second-order valence-corrected chi connectivity index (χ2v) is 5.53. The normalized spacial score (nSPS) is 12.5. The number of carbonyl (C=O) groups is 1. The molecule has 1 aromatic rings. The van der Waals surface area contributed by atoms with Gasteiger partial charge in [-0.15, -0.1) is 0 Å². The lowest BCUT2D eigenvalue weighted by Gasteiger charge is -2.13. The minimum absolute atomic E-state index is 0.0237. The van der Waals surface area contributed by atoms with Gasteiger partial charge in [0.1, 0.15) is 18.4 Å². The molecule has 0 saturated carbocycles. The summed E-state index contributed by atoms with van der Waals surface area (Å²) >= 11 is 3.29. The van der Waals surface area contributed by atoms with Crippen LogP contribution in [0.3, 0.4) is 0 Å². The number of esters is 1. The molecule has 0 spiro atoms. The van der Waals surface area contributed by atoms with E-state index in [1.54, 1.807) is 18.2 Å². The van der Waals surface area contributed by atoms with E-state index in [0.29, 0.717) is 17.9 Å². The summed E-state index contributed by atoms with van der Waals surface area (Å²) in [6, 6.07) is 4.35. The molecule has 0 fully saturated rings. The van der Waals surface area contributed by atoms with Crippen LogP contribution in [0, 0.1) is 5.92 Å². The maximum Gasteiger partial charge on any atom is 0.323 e. The zero-order valence-corrected chi connectivity index (χ0v) is 12.1. The van der Waals surface area contributed by atoms with Gasteiger partial charge in [-0.25, -0.2) is 0 Å². The molecule has 0 saturated heterocycles. The van der Waals surface area contributed by atoms with Crippen molar-refractivity contribution in [3.8, 4) is 5.75 Å². The molecule has 0 aliphatic rings. The summed E-state index contributed by atoms with van der Waals surface area (Å²) in [4.78, 5) is 11.6. The van der Waals surface area contributed by atoms with Gasteiger partial charge in [0.15, 0.2) is 0 Å². The number of hydrogen-bond acceptors (Lipinski definition) is 4. The number of phenolic OH excluding ortho intramolecular Hbond substituents is 1. The summed E-state index contributed by atoms with van der Waals surface area (Å²) in [5.74, 6) is -0.00155. The van der Waals surface area contributed by atoms with Gasteiger partial charge in [0.2, 0.25) is 0 Å². The van der Waals surface area contributed by atoms with Crippen molar-refractivity contribution in [2.75, 3.05) is 0 Å². The average Bonchev–Trinajstić information content (AvgIpc) is 2.29. The van der Waals surface area contributed by atoms with Gasteiger partial charge in [-0.2, -0.15) is 0 Å². The molecule has 0 radical (unpaired) electrons. The van der Waals surface area contributed by atoms with Crippen LogP contribution < -0.4 is 5.73 Å². The summed E-state index contributed by atoms with van der Waals surface area (Å²) < 4.78 is 5.90. The van der Waals surface area contributed by atoms with E-state index >= 15 is 0 Å². The minimum Gasteiger partial charge on any atom is -0.508 e. The molecule has 4 nitrogen and oxygen atoms in total. The smallest absolute Gasteiger partial charge is 0.323 e. The van der Waals surface area contributed by atoms with Gasteiger partial charge in [0, 0.05) is 10.0 Å². The van der Waals surface area contributed by atoms with E-state index < -0.39 is 12.0 Å². The van der Waals surface area contributed by atoms with Crippen LogP contribution in [0.5, 0.6) is 5.75 Å². The van der Waals surface area contributed by atoms with Gasteiger partial charge < -0.3 is 15.6 Å². The van der Waals surface area contributed by atoms with Gasteiger partial charge >= 0.3 is 5.97 Å². The van der Waals surface area contributed by atoms with Crippen molar-refractivity contribution in [1.82, 2.24) is 0 Å². The quantitative estimate of drug-likeness (QED) is 0.819. The van der Waals surface area contributed by atoms with E-state index in [2.05, 4.69) is 15.9 Å². The van der Waals surface area contributed by atoms with E-state index in [9.17, 15) is 9.90 Å². The minimum atomic E-state index is -0.612. The van der Waals surface area contributed by atoms with E-state index in [1.165, 1.54) is 0 Å². The third-order valence-electron chi connectivity index (χ3n) is 2.44. The highest BCUT2D eigenvalue weighted by molar-refractivity contribution is 9.10. The number of hydrogen-bond donors (Lipinski definition) is 2. The van der Waals surface area contributed by atoms with Gasteiger partial charge in [-0.1, -0.05) is 29.8 Å². The van der Waals surface area contributed by atoms with E-state index in [0.717, 1.165) is 4.47 Å². The van der Waals surface area contributed by atoms with E-state index in [4.69, 9.17) is 10.5 Å². The number of carbonyl (C=O) groups excluding carboxylic acids is 1. The molecule has 0 aliphatic carbocycles. The number of nitrogens with two attached hydrogens (primary N) is 1. The lowest BCUT2D eigenvalue weighted by molar-refractivity contribution is -0.146. The highest BCUT2D eigenvalue weighted by Crippen LogP contribution is 2.22. The Bertz CT molecular complexity index is 421. The van der Waals surface area contributed by atoms with Crippen molar-refractivity contribution in [3.05, 3.63) is 28.2 Å². The Labute approximate surface area is 115 Å². The topological polar surface area (TPSA) is 72.6 Å². The number of benzene rings is 1. The van der Waals surface area contributed by atoms with Crippen LogP contribution in [0.1, 0.15) is 25.8 Å². The second kappa shape index (κ2) is 6.75. The van der Waals surface area contributed by atoms with Crippen molar-refractivity contribution in [2.24, 2.45) is 11.7 Å². The molecule has 3 N–H and O–H groups in total. The summed E-state index contributed by atoms with van der Waals surface area (Å²) in [6.45, 7) is 4.01. The number of phenols is 1. The van der Waals surface area contributed by atoms with Crippen LogP contribution in [0.2, 0.25) is 0 Å².